The van der Waals surface area contributed by atoms with Crippen molar-refractivity contribution in [2.75, 3.05) is 37.6 Å². The van der Waals surface area contributed by atoms with Crippen molar-refractivity contribution < 1.29 is 9.69 Å². The number of amides is 1. The fraction of sp³-hybridized carbons (Fsp3) is 0.650. The lowest BCUT2D eigenvalue weighted by Gasteiger charge is -2.36. The Morgan fingerprint density at radius 1 is 1.24 bits per heavy atom. The zero-order valence-corrected chi connectivity index (χ0v) is 16.2. The van der Waals surface area contributed by atoms with Crippen LogP contribution in [-0.4, -0.2) is 44.7 Å². The van der Waals surface area contributed by atoms with Crippen LogP contribution in [0.4, 0.5) is 5.69 Å². The van der Waals surface area contributed by atoms with Crippen LogP contribution in [0.1, 0.15) is 33.1 Å². The third-order valence-electron chi connectivity index (χ3n) is 6.13. The van der Waals surface area contributed by atoms with Crippen LogP contribution in [0, 0.1) is 11.8 Å². The summed E-state index contributed by atoms with van der Waals surface area (Å²) >= 11 is 6.30. The predicted molar refractivity (Wildman–Crippen MR) is 103 cm³/mol. The van der Waals surface area contributed by atoms with Gasteiger partial charge in [-0.05, 0) is 30.4 Å². The molecule has 5 heteroatoms. The van der Waals surface area contributed by atoms with E-state index in [4.69, 9.17) is 11.6 Å². The number of carbonyl (C=O) groups is 1. The van der Waals surface area contributed by atoms with Crippen molar-refractivity contribution in [1.82, 2.24) is 5.32 Å². The number of nitrogens with one attached hydrogen (secondary N) is 2. The van der Waals surface area contributed by atoms with E-state index < -0.39 is 0 Å². The average Bonchev–Trinajstić information content (AvgIpc) is 2.60. The summed E-state index contributed by atoms with van der Waals surface area (Å²) in [5.41, 5.74) is 1.11. The van der Waals surface area contributed by atoms with Gasteiger partial charge in [0.25, 0.3) is 5.91 Å². The fourth-order valence-corrected chi connectivity index (χ4v) is 4.47. The Balaban J connectivity index is 1.46. The maximum absolute atomic E-state index is 12.5. The molecular formula is C20H31ClN3O+. The van der Waals surface area contributed by atoms with E-state index >= 15 is 0 Å². The molecule has 0 bridgehead atoms. The lowest BCUT2D eigenvalue weighted by molar-refractivity contribution is -0.892. The van der Waals surface area contributed by atoms with Gasteiger partial charge in [0, 0.05) is 6.04 Å². The molecule has 1 heterocycles. The minimum atomic E-state index is 0.215. The van der Waals surface area contributed by atoms with E-state index in [-0.39, 0.29) is 5.91 Å². The quantitative estimate of drug-likeness (QED) is 0.857. The first kappa shape index (κ1) is 18.5. The minimum absolute atomic E-state index is 0.215. The van der Waals surface area contributed by atoms with Crippen LogP contribution in [0.15, 0.2) is 24.3 Å². The third kappa shape index (κ3) is 4.68. The van der Waals surface area contributed by atoms with Crippen LogP contribution in [-0.2, 0) is 4.79 Å². The van der Waals surface area contributed by atoms with E-state index in [1.54, 1.807) is 0 Å². The summed E-state index contributed by atoms with van der Waals surface area (Å²) in [4.78, 5) is 16.2. The Morgan fingerprint density at radius 3 is 2.68 bits per heavy atom. The van der Waals surface area contributed by atoms with Crippen LogP contribution < -0.4 is 15.1 Å². The zero-order chi connectivity index (χ0) is 17.8. The largest absolute Gasteiger partial charge is 0.359 e. The van der Waals surface area contributed by atoms with Crippen LogP contribution in [0.5, 0.6) is 0 Å². The highest BCUT2D eigenvalue weighted by molar-refractivity contribution is 6.33. The number of quaternary nitrogens is 1. The van der Waals surface area contributed by atoms with Gasteiger partial charge in [0.15, 0.2) is 6.54 Å². The second-order valence-corrected chi connectivity index (χ2v) is 8.21. The van der Waals surface area contributed by atoms with E-state index in [0.717, 1.165) is 43.3 Å². The predicted octanol–water partition coefficient (Wildman–Crippen LogP) is 1.99. The van der Waals surface area contributed by atoms with Gasteiger partial charge in [0.05, 0.1) is 36.9 Å². The minimum Gasteiger partial charge on any atom is -0.359 e. The Bertz CT molecular complexity index is 586. The van der Waals surface area contributed by atoms with Crippen molar-refractivity contribution in [3.63, 3.8) is 0 Å². The maximum Gasteiger partial charge on any atom is 0.275 e. The van der Waals surface area contributed by atoms with E-state index in [1.807, 2.05) is 18.2 Å². The average molecular weight is 365 g/mol. The topological polar surface area (TPSA) is 36.8 Å². The smallest absolute Gasteiger partial charge is 0.275 e. The Kier molecular flexibility index (Phi) is 6.24. The second kappa shape index (κ2) is 8.41. The number of hydrogen-bond donors (Lipinski definition) is 2. The van der Waals surface area contributed by atoms with Crippen LogP contribution in [0.3, 0.4) is 0 Å². The number of piperazine rings is 1. The van der Waals surface area contributed by atoms with E-state index in [9.17, 15) is 4.79 Å². The molecule has 4 nitrogen and oxygen atoms in total. The first-order valence-corrected chi connectivity index (χ1v) is 10.0. The molecule has 0 radical (unpaired) electrons. The van der Waals surface area contributed by atoms with Gasteiger partial charge in [-0.2, -0.15) is 0 Å². The van der Waals surface area contributed by atoms with Gasteiger partial charge in [0.1, 0.15) is 0 Å². The molecule has 1 amide bonds. The summed E-state index contributed by atoms with van der Waals surface area (Å²) in [5.74, 6) is 1.52. The molecule has 3 rings (SSSR count). The number of nitrogens with zero attached hydrogens (tertiary/aromatic N) is 1. The van der Waals surface area contributed by atoms with Crippen LogP contribution >= 0.6 is 11.6 Å². The Morgan fingerprint density at radius 2 is 1.96 bits per heavy atom. The van der Waals surface area contributed by atoms with E-state index in [0.29, 0.717) is 24.4 Å². The number of hydrogen-bond acceptors (Lipinski definition) is 2. The fourth-order valence-electron chi connectivity index (χ4n) is 4.22. The molecule has 0 unspecified atom stereocenters. The highest BCUT2D eigenvalue weighted by atomic mass is 35.5. The number of halogens is 1. The molecule has 2 N–H and O–H groups in total. The van der Waals surface area contributed by atoms with E-state index in [2.05, 4.69) is 30.1 Å². The highest BCUT2D eigenvalue weighted by Gasteiger charge is 2.30. The maximum atomic E-state index is 12.5. The highest BCUT2D eigenvalue weighted by Crippen LogP contribution is 2.29. The molecular weight excluding hydrogens is 334 g/mol. The molecule has 1 aliphatic carbocycles. The summed E-state index contributed by atoms with van der Waals surface area (Å²) < 4.78 is 0. The summed E-state index contributed by atoms with van der Waals surface area (Å²) in [6.07, 6.45) is 3.66. The number of anilines is 1. The van der Waals surface area contributed by atoms with Gasteiger partial charge in [0.2, 0.25) is 0 Å². The molecule has 138 valence electrons. The Hall–Kier alpha value is -1.26. The summed E-state index contributed by atoms with van der Waals surface area (Å²) in [6, 6.07) is 8.37. The van der Waals surface area contributed by atoms with Crippen molar-refractivity contribution in [3.8, 4) is 0 Å². The van der Waals surface area contributed by atoms with Crippen LogP contribution in [0.25, 0.3) is 0 Å². The number of benzene rings is 1. The number of carbonyl (C=O) groups excluding carboxylic acids is 1. The zero-order valence-electron chi connectivity index (χ0n) is 15.4. The van der Waals surface area contributed by atoms with Crippen LogP contribution in [0.2, 0.25) is 5.02 Å². The van der Waals surface area contributed by atoms with Gasteiger partial charge in [-0.25, -0.2) is 0 Å². The molecule has 25 heavy (non-hydrogen) atoms. The summed E-state index contributed by atoms with van der Waals surface area (Å²) in [6.45, 7) is 9.04. The molecule has 3 atom stereocenters. The van der Waals surface area contributed by atoms with E-state index in [1.165, 1.54) is 17.7 Å². The molecule has 1 aromatic rings. The first-order chi connectivity index (χ1) is 12.0. The number of rotatable bonds is 4. The summed E-state index contributed by atoms with van der Waals surface area (Å²) in [7, 11) is 0. The van der Waals surface area contributed by atoms with Crippen molar-refractivity contribution in [2.24, 2.45) is 11.8 Å². The third-order valence-corrected chi connectivity index (χ3v) is 6.45. The van der Waals surface area contributed by atoms with Gasteiger partial charge in [-0.15, -0.1) is 0 Å². The Labute approximate surface area is 156 Å². The first-order valence-electron chi connectivity index (χ1n) is 9.67. The van der Waals surface area contributed by atoms with Crippen molar-refractivity contribution in [2.45, 2.75) is 39.2 Å². The molecule has 2 fully saturated rings. The normalized spacial score (nSPS) is 28.0. The van der Waals surface area contributed by atoms with Gasteiger partial charge < -0.3 is 15.1 Å². The van der Waals surface area contributed by atoms with Gasteiger partial charge >= 0.3 is 0 Å². The standard InChI is InChI=1S/C20H30ClN3O/c1-15-6-5-8-18(16(15)2)22-20(25)14-23-10-12-24(13-11-23)19-9-4-3-7-17(19)21/h3-4,7,9,15-16,18H,5-6,8,10-14H2,1-2H3,(H,22,25)/p+1/t15-,16+,18-/m0/s1. The summed E-state index contributed by atoms with van der Waals surface area (Å²) in [5, 5.41) is 4.11. The molecule has 0 spiro atoms. The van der Waals surface area contributed by atoms with Gasteiger partial charge in [-0.1, -0.05) is 50.4 Å². The molecule has 1 saturated carbocycles. The second-order valence-electron chi connectivity index (χ2n) is 7.81. The SMILES string of the molecule is C[C@H]1[C@@H](NC(=O)C[NH+]2CCN(c3ccccc3Cl)CC2)CCC[C@@H]1C. The molecule has 1 aliphatic heterocycles. The van der Waals surface area contributed by atoms with Crippen molar-refractivity contribution >= 4 is 23.2 Å². The molecule has 2 aliphatic rings. The monoisotopic (exact) mass is 364 g/mol. The molecule has 1 aromatic carbocycles. The number of para-hydroxylation sites is 1. The lowest BCUT2D eigenvalue weighted by Crippen LogP contribution is -3.16. The molecule has 0 aromatic heterocycles. The van der Waals surface area contributed by atoms with Crippen molar-refractivity contribution in [3.05, 3.63) is 29.3 Å². The van der Waals surface area contributed by atoms with Gasteiger partial charge in [-0.3, -0.25) is 4.79 Å². The van der Waals surface area contributed by atoms with Crippen molar-refractivity contribution in [1.29, 1.82) is 0 Å². The lowest BCUT2D eigenvalue weighted by atomic mass is 9.78. The molecule has 1 saturated heterocycles.